The van der Waals surface area contributed by atoms with Gasteiger partial charge in [0.1, 0.15) is 11.5 Å². The maximum absolute atomic E-state index is 12.5. The summed E-state index contributed by atoms with van der Waals surface area (Å²) in [4.78, 5) is 24.4. The van der Waals surface area contributed by atoms with E-state index in [0.717, 1.165) is 40.6 Å². The lowest BCUT2D eigenvalue weighted by molar-refractivity contribution is 0.0951. The molecule has 3 heterocycles. The summed E-state index contributed by atoms with van der Waals surface area (Å²) in [6.45, 7) is 0.579. The van der Waals surface area contributed by atoms with Crippen LogP contribution < -0.4 is 10.6 Å². The summed E-state index contributed by atoms with van der Waals surface area (Å²) in [5.41, 5.74) is 4.82. The maximum atomic E-state index is 12.5. The fourth-order valence-electron chi connectivity index (χ4n) is 3.45. The van der Waals surface area contributed by atoms with E-state index in [4.69, 9.17) is 0 Å². The van der Waals surface area contributed by atoms with Gasteiger partial charge in [-0.25, -0.2) is 9.97 Å². The van der Waals surface area contributed by atoms with Gasteiger partial charge in [0.2, 0.25) is 0 Å². The normalized spacial score (nSPS) is 13.4. The Bertz CT molecular complexity index is 1180. The number of hydrogen-bond acceptors (Lipinski definition) is 4. The van der Waals surface area contributed by atoms with Crippen LogP contribution in [0.2, 0.25) is 0 Å². The van der Waals surface area contributed by atoms with Crippen molar-refractivity contribution >= 4 is 22.8 Å². The first-order chi connectivity index (χ1) is 14.3. The average Bonchev–Trinajstić information content (AvgIpc) is 3.47. The molecular formula is C23H21N5O. The predicted octanol–water partition coefficient (Wildman–Crippen LogP) is 4.13. The van der Waals surface area contributed by atoms with Crippen molar-refractivity contribution in [3.05, 3.63) is 78.2 Å². The SMILES string of the molecule is O=C(NC1CC1)c1cccnc1NCc1cccc(-c2c[nH]c3ncccc23)c1. The van der Waals surface area contributed by atoms with Gasteiger partial charge in [-0.1, -0.05) is 18.2 Å². The van der Waals surface area contributed by atoms with Crippen LogP contribution >= 0.6 is 0 Å². The van der Waals surface area contributed by atoms with Crippen molar-refractivity contribution in [1.29, 1.82) is 0 Å². The molecule has 0 unspecified atom stereocenters. The molecule has 4 aromatic rings. The first-order valence-electron chi connectivity index (χ1n) is 9.79. The number of aromatic nitrogens is 3. The summed E-state index contributed by atoms with van der Waals surface area (Å²) in [6.07, 6.45) is 7.59. The highest BCUT2D eigenvalue weighted by atomic mass is 16.1. The molecule has 0 aliphatic heterocycles. The molecular weight excluding hydrogens is 362 g/mol. The molecule has 1 amide bonds. The van der Waals surface area contributed by atoms with Crippen LogP contribution in [0.15, 0.2) is 67.1 Å². The third-order valence-corrected chi connectivity index (χ3v) is 5.11. The molecule has 6 nitrogen and oxygen atoms in total. The van der Waals surface area contributed by atoms with E-state index in [1.165, 1.54) is 0 Å². The van der Waals surface area contributed by atoms with Crippen LogP contribution in [0.3, 0.4) is 0 Å². The monoisotopic (exact) mass is 383 g/mol. The molecule has 0 saturated heterocycles. The number of benzene rings is 1. The van der Waals surface area contributed by atoms with Gasteiger partial charge in [-0.05, 0) is 54.3 Å². The van der Waals surface area contributed by atoms with Gasteiger partial charge >= 0.3 is 0 Å². The Morgan fingerprint density at radius 1 is 1.07 bits per heavy atom. The standard InChI is InChI=1S/C23H21N5O/c29-23(28-17-8-9-17)19-7-3-11-25-22(19)26-13-15-4-1-5-16(12-15)20-14-27-21-18(20)6-2-10-24-21/h1-7,10-12,14,17H,8-9,13H2,(H,24,27)(H,25,26)(H,28,29). The first-order valence-corrected chi connectivity index (χ1v) is 9.79. The van der Waals surface area contributed by atoms with Crippen LogP contribution in [-0.4, -0.2) is 26.9 Å². The number of carbonyl (C=O) groups excluding carboxylic acids is 1. The van der Waals surface area contributed by atoms with Crippen LogP contribution in [0, 0.1) is 0 Å². The first kappa shape index (κ1) is 17.4. The second kappa shape index (κ2) is 7.39. The summed E-state index contributed by atoms with van der Waals surface area (Å²) in [7, 11) is 0. The van der Waals surface area contributed by atoms with Crippen molar-refractivity contribution in [3.8, 4) is 11.1 Å². The Kier molecular flexibility index (Phi) is 4.44. The highest BCUT2D eigenvalue weighted by molar-refractivity contribution is 5.99. The smallest absolute Gasteiger partial charge is 0.255 e. The van der Waals surface area contributed by atoms with E-state index in [2.05, 4.69) is 49.9 Å². The summed E-state index contributed by atoms with van der Waals surface area (Å²) >= 11 is 0. The van der Waals surface area contributed by atoms with Gasteiger partial charge in [0.15, 0.2) is 0 Å². The van der Waals surface area contributed by atoms with Gasteiger partial charge in [-0.15, -0.1) is 0 Å². The van der Waals surface area contributed by atoms with E-state index in [1.54, 1.807) is 18.5 Å². The Morgan fingerprint density at radius 2 is 1.93 bits per heavy atom. The molecule has 1 aromatic carbocycles. The molecule has 144 valence electrons. The van der Waals surface area contributed by atoms with Crippen LogP contribution in [0.1, 0.15) is 28.8 Å². The van der Waals surface area contributed by atoms with E-state index in [-0.39, 0.29) is 5.91 Å². The van der Waals surface area contributed by atoms with Crippen molar-refractivity contribution in [2.45, 2.75) is 25.4 Å². The molecule has 1 fully saturated rings. The molecule has 1 saturated carbocycles. The molecule has 0 bridgehead atoms. The fraction of sp³-hybridized carbons (Fsp3) is 0.174. The number of hydrogen-bond donors (Lipinski definition) is 3. The topological polar surface area (TPSA) is 82.7 Å². The van der Waals surface area contributed by atoms with Gasteiger partial charge in [-0.3, -0.25) is 4.79 Å². The van der Waals surface area contributed by atoms with E-state index in [9.17, 15) is 4.79 Å². The molecule has 6 heteroatoms. The summed E-state index contributed by atoms with van der Waals surface area (Å²) < 4.78 is 0. The number of aromatic amines is 1. The van der Waals surface area contributed by atoms with Gasteiger partial charge in [0.25, 0.3) is 5.91 Å². The van der Waals surface area contributed by atoms with Gasteiger partial charge in [0, 0.05) is 42.1 Å². The van der Waals surface area contributed by atoms with Crippen molar-refractivity contribution in [3.63, 3.8) is 0 Å². The maximum Gasteiger partial charge on any atom is 0.255 e. The van der Waals surface area contributed by atoms with E-state index in [0.29, 0.717) is 24.0 Å². The molecule has 0 radical (unpaired) electrons. The van der Waals surface area contributed by atoms with Crippen molar-refractivity contribution in [1.82, 2.24) is 20.3 Å². The number of H-pyrrole nitrogens is 1. The lowest BCUT2D eigenvalue weighted by atomic mass is 10.0. The Balaban J connectivity index is 1.36. The predicted molar refractivity (Wildman–Crippen MR) is 114 cm³/mol. The largest absolute Gasteiger partial charge is 0.365 e. The van der Waals surface area contributed by atoms with Crippen molar-refractivity contribution in [2.24, 2.45) is 0 Å². The summed E-state index contributed by atoms with van der Waals surface area (Å²) in [6, 6.07) is 16.3. The highest BCUT2D eigenvalue weighted by Gasteiger charge is 2.25. The van der Waals surface area contributed by atoms with Gasteiger partial charge < -0.3 is 15.6 Å². The van der Waals surface area contributed by atoms with E-state index >= 15 is 0 Å². The second-order valence-corrected chi connectivity index (χ2v) is 7.30. The van der Waals surface area contributed by atoms with Crippen molar-refractivity contribution in [2.75, 3.05) is 5.32 Å². The van der Waals surface area contributed by atoms with Crippen LogP contribution in [-0.2, 0) is 6.54 Å². The number of amides is 1. The number of nitrogens with zero attached hydrogens (tertiary/aromatic N) is 2. The highest BCUT2D eigenvalue weighted by Crippen LogP contribution is 2.28. The Morgan fingerprint density at radius 3 is 2.83 bits per heavy atom. The van der Waals surface area contributed by atoms with Crippen LogP contribution in [0.25, 0.3) is 22.2 Å². The summed E-state index contributed by atoms with van der Waals surface area (Å²) in [5, 5.41) is 7.45. The molecule has 0 atom stereocenters. The number of fused-ring (bicyclic) bond motifs is 1. The third-order valence-electron chi connectivity index (χ3n) is 5.11. The zero-order valence-corrected chi connectivity index (χ0v) is 15.9. The third kappa shape index (κ3) is 3.69. The van der Waals surface area contributed by atoms with Crippen molar-refractivity contribution < 1.29 is 4.79 Å². The lowest BCUT2D eigenvalue weighted by Crippen LogP contribution is -2.26. The number of carbonyl (C=O) groups is 1. The van der Waals surface area contributed by atoms with Crippen LogP contribution in [0.4, 0.5) is 5.82 Å². The number of anilines is 1. The fourth-order valence-corrected chi connectivity index (χ4v) is 3.45. The molecule has 1 aliphatic carbocycles. The zero-order valence-electron chi connectivity index (χ0n) is 15.9. The van der Waals surface area contributed by atoms with Gasteiger partial charge in [-0.2, -0.15) is 0 Å². The van der Waals surface area contributed by atoms with E-state index < -0.39 is 0 Å². The Hall–Kier alpha value is -3.67. The minimum Gasteiger partial charge on any atom is -0.365 e. The minimum atomic E-state index is -0.0665. The lowest BCUT2D eigenvalue weighted by Gasteiger charge is -2.11. The number of pyridine rings is 2. The zero-order chi connectivity index (χ0) is 19.6. The number of rotatable bonds is 6. The van der Waals surface area contributed by atoms with Gasteiger partial charge in [0.05, 0.1) is 5.56 Å². The minimum absolute atomic E-state index is 0.0665. The van der Waals surface area contributed by atoms with Crippen LogP contribution in [0.5, 0.6) is 0 Å². The molecule has 5 rings (SSSR count). The molecule has 3 aromatic heterocycles. The molecule has 29 heavy (non-hydrogen) atoms. The molecule has 1 aliphatic rings. The van der Waals surface area contributed by atoms with E-state index in [1.807, 2.05) is 24.4 Å². The quantitative estimate of drug-likeness (QED) is 0.468. The molecule has 0 spiro atoms. The second-order valence-electron chi connectivity index (χ2n) is 7.30. The molecule has 3 N–H and O–H groups in total. The Labute approximate surface area is 168 Å². The number of nitrogens with one attached hydrogen (secondary N) is 3. The summed E-state index contributed by atoms with van der Waals surface area (Å²) in [5.74, 6) is 0.537. The average molecular weight is 383 g/mol.